The van der Waals surface area contributed by atoms with Gasteiger partial charge in [0.2, 0.25) is 5.91 Å². The van der Waals surface area contributed by atoms with Crippen LogP contribution >= 0.6 is 11.6 Å². The molecule has 1 heterocycles. The number of nitrogens with zero attached hydrogens (tertiary/aromatic N) is 1. The van der Waals surface area contributed by atoms with E-state index in [2.05, 4.69) is 10.6 Å². The first-order valence-corrected chi connectivity index (χ1v) is 12.2. The van der Waals surface area contributed by atoms with Crippen molar-refractivity contribution in [3.8, 4) is 0 Å². The molecule has 200 valence electrons. The summed E-state index contributed by atoms with van der Waals surface area (Å²) in [7, 11) is 1.40. The lowest BCUT2D eigenvalue weighted by Crippen LogP contribution is -2.66. The van der Waals surface area contributed by atoms with Gasteiger partial charge in [0.25, 0.3) is 5.91 Å². The van der Waals surface area contributed by atoms with Gasteiger partial charge in [0.1, 0.15) is 17.8 Å². The molecule has 3 amide bonds. The number of hydrogen-bond acceptors (Lipinski definition) is 6. The van der Waals surface area contributed by atoms with Crippen LogP contribution in [0.1, 0.15) is 41.3 Å². The minimum absolute atomic E-state index is 0.0100. The van der Waals surface area contributed by atoms with Crippen molar-refractivity contribution < 1.29 is 33.7 Å². The number of ether oxygens (including phenoxy) is 1. The van der Waals surface area contributed by atoms with E-state index in [-0.39, 0.29) is 55.1 Å². The third kappa shape index (κ3) is 5.87. The van der Waals surface area contributed by atoms with Crippen LogP contribution < -0.4 is 10.6 Å². The van der Waals surface area contributed by atoms with Crippen molar-refractivity contribution in [1.29, 1.82) is 0 Å². The fourth-order valence-corrected chi connectivity index (χ4v) is 4.43. The lowest BCUT2D eigenvalue weighted by Gasteiger charge is -2.49. The molecule has 11 heteroatoms. The molecule has 0 unspecified atom stereocenters. The largest absolute Gasteiger partial charge is 0.449 e. The highest BCUT2D eigenvalue weighted by molar-refractivity contribution is 6.31. The first-order chi connectivity index (χ1) is 17.6. The van der Waals surface area contributed by atoms with Gasteiger partial charge in [-0.15, -0.1) is 0 Å². The number of benzene rings is 2. The Kier molecular flexibility index (Phi) is 9.12. The summed E-state index contributed by atoms with van der Waals surface area (Å²) < 4.78 is 19.5. The Morgan fingerprint density at radius 1 is 1.16 bits per heavy atom. The van der Waals surface area contributed by atoms with Crippen LogP contribution in [-0.2, 0) is 14.9 Å². The van der Waals surface area contributed by atoms with Crippen molar-refractivity contribution >= 4 is 35.2 Å². The number of nitrogens with one attached hydrogen (secondary N) is 2. The van der Waals surface area contributed by atoms with Crippen molar-refractivity contribution in [3.63, 3.8) is 0 Å². The normalized spacial score (nSPS) is 14.4. The molecule has 37 heavy (non-hydrogen) atoms. The number of carbonyl (C=O) groups is 3. The number of hydrogen-bond donors (Lipinski definition) is 4. The van der Waals surface area contributed by atoms with Crippen LogP contribution in [0.2, 0.25) is 5.02 Å². The maximum atomic E-state index is 14.3. The summed E-state index contributed by atoms with van der Waals surface area (Å²) in [4.78, 5) is 40.2. The van der Waals surface area contributed by atoms with Gasteiger partial charge in [-0.1, -0.05) is 49.7 Å². The molecule has 0 bridgehead atoms. The smallest absolute Gasteiger partial charge is 0.409 e. The van der Waals surface area contributed by atoms with Crippen molar-refractivity contribution in [2.75, 3.05) is 45.3 Å². The predicted molar refractivity (Wildman–Crippen MR) is 136 cm³/mol. The maximum absolute atomic E-state index is 14.3. The topological polar surface area (TPSA) is 128 Å². The molecule has 2 aromatic rings. The number of aliphatic hydroxyl groups is 2. The highest BCUT2D eigenvalue weighted by Gasteiger charge is 2.54. The van der Waals surface area contributed by atoms with Crippen LogP contribution in [0, 0.1) is 11.7 Å². The molecule has 0 aromatic heterocycles. The molecule has 9 nitrogen and oxygen atoms in total. The highest BCUT2D eigenvalue weighted by Crippen LogP contribution is 2.40. The fraction of sp³-hybridized carbons (Fsp3) is 0.423. The van der Waals surface area contributed by atoms with E-state index >= 15 is 0 Å². The number of carbonyl (C=O) groups excluding carboxylic acids is 3. The standard InChI is InChI=1S/C26H31ClFN3O6/c1-15(2)17-6-4-5-7-19(17)26(13-31(14-26)25(36)37-12-16(10-32)11-33)24(35)30-22-9-21(28)20(27)8-18(22)23(34)29-3/h4-9,15-16,32-33H,10-14H2,1-3H3,(H,29,34)(H,30,35). The molecule has 0 radical (unpaired) electrons. The first kappa shape index (κ1) is 28.4. The second kappa shape index (κ2) is 11.9. The van der Waals surface area contributed by atoms with Gasteiger partial charge in [-0.25, -0.2) is 9.18 Å². The maximum Gasteiger partial charge on any atom is 0.409 e. The number of aliphatic hydroxyl groups excluding tert-OH is 2. The van der Waals surface area contributed by atoms with Crippen LogP contribution in [0.5, 0.6) is 0 Å². The SMILES string of the molecule is CNC(=O)c1cc(Cl)c(F)cc1NC(=O)C1(c2ccccc2C(C)C)CN(C(=O)OCC(CO)CO)C1. The van der Waals surface area contributed by atoms with Crippen LogP contribution in [0.15, 0.2) is 36.4 Å². The average molecular weight is 536 g/mol. The van der Waals surface area contributed by atoms with Crippen molar-refractivity contribution in [2.45, 2.75) is 25.2 Å². The summed E-state index contributed by atoms with van der Waals surface area (Å²) in [6, 6.07) is 9.50. The molecule has 3 rings (SSSR count). The van der Waals surface area contributed by atoms with Crippen molar-refractivity contribution in [2.24, 2.45) is 5.92 Å². The molecule has 1 aliphatic rings. The summed E-state index contributed by atoms with van der Waals surface area (Å²) in [5.41, 5.74) is 0.335. The summed E-state index contributed by atoms with van der Waals surface area (Å²) in [6.45, 7) is 3.04. The van der Waals surface area contributed by atoms with E-state index in [1.807, 2.05) is 32.0 Å². The zero-order valence-corrected chi connectivity index (χ0v) is 21.6. The first-order valence-electron chi connectivity index (χ1n) is 11.8. The van der Waals surface area contributed by atoms with E-state index in [1.165, 1.54) is 11.9 Å². The van der Waals surface area contributed by atoms with Gasteiger partial charge < -0.3 is 30.5 Å². The number of anilines is 1. The van der Waals surface area contributed by atoms with E-state index in [1.54, 1.807) is 6.07 Å². The van der Waals surface area contributed by atoms with Crippen LogP contribution in [0.25, 0.3) is 0 Å². The Balaban J connectivity index is 1.95. The van der Waals surface area contributed by atoms with Crippen molar-refractivity contribution in [1.82, 2.24) is 10.2 Å². The third-order valence-electron chi connectivity index (χ3n) is 6.45. The molecule has 1 fully saturated rings. The van der Waals surface area contributed by atoms with Gasteiger partial charge in [-0.05, 0) is 29.2 Å². The second-order valence-electron chi connectivity index (χ2n) is 9.33. The summed E-state index contributed by atoms with van der Waals surface area (Å²) in [6.07, 6.45) is -0.694. The van der Waals surface area contributed by atoms with E-state index in [4.69, 9.17) is 16.3 Å². The Morgan fingerprint density at radius 2 is 1.81 bits per heavy atom. The Labute approximate surface area is 219 Å². The van der Waals surface area contributed by atoms with E-state index in [0.717, 1.165) is 17.7 Å². The monoisotopic (exact) mass is 535 g/mol. The molecule has 4 N–H and O–H groups in total. The molecular formula is C26H31ClFN3O6. The Morgan fingerprint density at radius 3 is 2.41 bits per heavy atom. The van der Waals surface area contributed by atoms with Crippen LogP contribution in [0.3, 0.4) is 0 Å². The summed E-state index contributed by atoms with van der Waals surface area (Å²) in [5.74, 6) is -2.44. The summed E-state index contributed by atoms with van der Waals surface area (Å²) >= 11 is 5.87. The zero-order chi connectivity index (χ0) is 27.3. The number of halogens is 2. The third-order valence-corrected chi connectivity index (χ3v) is 6.74. The van der Waals surface area contributed by atoms with Gasteiger partial charge >= 0.3 is 6.09 Å². The summed E-state index contributed by atoms with van der Waals surface area (Å²) in [5, 5.41) is 23.3. The van der Waals surface area contributed by atoms with E-state index < -0.39 is 35.1 Å². The van der Waals surface area contributed by atoms with Crippen LogP contribution in [-0.4, -0.2) is 73.0 Å². The van der Waals surface area contributed by atoms with Crippen molar-refractivity contribution in [3.05, 3.63) is 63.9 Å². The number of rotatable bonds is 9. The molecular weight excluding hydrogens is 505 g/mol. The van der Waals surface area contributed by atoms with Gasteiger partial charge in [0.05, 0.1) is 29.5 Å². The van der Waals surface area contributed by atoms with Gasteiger partial charge in [-0.2, -0.15) is 0 Å². The Bertz CT molecular complexity index is 1160. The minimum atomic E-state index is -1.21. The van der Waals surface area contributed by atoms with E-state index in [9.17, 15) is 29.0 Å². The lowest BCUT2D eigenvalue weighted by molar-refractivity contribution is -0.127. The average Bonchev–Trinajstić information content (AvgIpc) is 2.85. The lowest BCUT2D eigenvalue weighted by atomic mass is 9.70. The number of amides is 3. The molecule has 0 atom stereocenters. The second-order valence-corrected chi connectivity index (χ2v) is 9.74. The van der Waals surface area contributed by atoms with Gasteiger partial charge in [0.15, 0.2) is 0 Å². The number of likely N-dealkylation sites (tertiary alicyclic amines) is 1. The quantitative estimate of drug-likeness (QED) is 0.391. The molecule has 1 saturated heterocycles. The van der Waals surface area contributed by atoms with Crippen LogP contribution in [0.4, 0.5) is 14.9 Å². The molecule has 0 saturated carbocycles. The van der Waals surface area contributed by atoms with E-state index in [0.29, 0.717) is 5.56 Å². The predicted octanol–water partition coefficient (Wildman–Crippen LogP) is 2.89. The van der Waals surface area contributed by atoms with Gasteiger partial charge in [0, 0.05) is 26.1 Å². The minimum Gasteiger partial charge on any atom is -0.449 e. The molecule has 1 aliphatic heterocycles. The van der Waals surface area contributed by atoms with Gasteiger partial charge in [-0.3, -0.25) is 9.59 Å². The fourth-order valence-electron chi connectivity index (χ4n) is 4.27. The zero-order valence-electron chi connectivity index (χ0n) is 20.9. The highest BCUT2D eigenvalue weighted by atomic mass is 35.5. The Hall–Kier alpha value is -3.21. The molecule has 2 aromatic carbocycles. The molecule has 0 spiro atoms. The molecule has 0 aliphatic carbocycles.